The Labute approximate surface area is 167 Å². The van der Waals surface area contributed by atoms with Crippen LogP contribution in [0.5, 0.6) is 5.75 Å². The monoisotopic (exact) mass is 389 g/mol. The number of rotatable bonds is 5. The van der Waals surface area contributed by atoms with Crippen LogP contribution in [0, 0.1) is 5.82 Å². The average molecular weight is 389 g/mol. The maximum atomic E-state index is 15.4. The van der Waals surface area contributed by atoms with Crippen molar-refractivity contribution in [3.63, 3.8) is 0 Å². The number of nitrogens with two attached hydrogens (primary N) is 1. The topological polar surface area (TPSA) is 78.3 Å². The molecule has 0 saturated heterocycles. The first kappa shape index (κ1) is 17.6. The minimum atomic E-state index is -0.466. The Morgan fingerprint density at radius 3 is 2.69 bits per heavy atom. The van der Waals surface area contributed by atoms with E-state index >= 15 is 4.39 Å². The number of anilines is 1. The van der Waals surface area contributed by atoms with Gasteiger partial charge in [-0.1, -0.05) is 42.8 Å². The lowest BCUT2D eigenvalue weighted by Gasteiger charge is -2.23. The quantitative estimate of drug-likeness (QED) is 0.549. The first-order valence-electron chi connectivity index (χ1n) is 9.67. The van der Waals surface area contributed by atoms with Crippen molar-refractivity contribution in [2.75, 3.05) is 5.73 Å². The van der Waals surface area contributed by atoms with Crippen LogP contribution in [0.3, 0.4) is 0 Å². The molecular weight excluding hydrogens is 369 g/mol. The van der Waals surface area contributed by atoms with E-state index in [1.165, 1.54) is 6.33 Å². The Balaban J connectivity index is 1.57. The van der Waals surface area contributed by atoms with Crippen molar-refractivity contribution >= 4 is 11.3 Å². The molecule has 2 heterocycles. The number of benzene rings is 2. The SMILES string of the molecule is Nc1ncnn2c(C3CCC3)nc(-c3cccc(OCc4ccccc4)c3F)c12. The number of fused-ring (bicyclic) bond motifs is 1. The third-order valence-corrected chi connectivity index (χ3v) is 5.41. The molecule has 0 spiro atoms. The van der Waals surface area contributed by atoms with Gasteiger partial charge in [0.2, 0.25) is 0 Å². The van der Waals surface area contributed by atoms with Gasteiger partial charge in [-0.15, -0.1) is 0 Å². The van der Waals surface area contributed by atoms with Crippen LogP contribution in [0.4, 0.5) is 10.2 Å². The van der Waals surface area contributed by atoms with Crippen LogP contribution in [0.25, 0.3) is 16.8 Å². The minimum absolute atomic E-state index is 0.174. The lowest BCUT2D eigenvalue weighted by Crippen LogP contribution is -2.14. The summed E-state index contributed by atoms with van der Waals surface area (Å²) in [6.45, 7) is 0.281. The van der Waals surface area contributed by atoms with Gasteiger partial charge in [-0.25, -0.2) is 18.9 Å². The zero-order valence-electron chi connectivity index (χ0n) is 15.8. The summed E-state index contributed by atoms with van der Waals surface area (Å²) < 4.78 is 22.8. The van der Waals surface area contributed by atoms with Gasteiger partial charge >= 0.3 is 0 Å². The summed E-state index contributed by atoms with van der Waals surface area (Å²) in [5.41, 5.74) is 8.41. The lowest BCUT2D eigenvalue weighted by atomic mass is 9.85. The van der Waals surface area contributed by atoms with E-state index in [-0.39, 0.29) is 18.2 Å². The summed E-state index contributed by atoms with van der Waals surface area (Å²) in [5.74, 6) is 1.11. The molecule has 0 atom stereocenters. The summed E-state index contributed by atoms with van der Waals surface area (Å²) in [6, 6.07) is 14.7. The molecule has 1 aliphatic carbocycles. The average Bonchev–Trinajstić information content (AvgIpc) is 3.07. The number of hydrogen-bond acceptors (Lipinski definition) is 5. The van der Waals surface area contributed by atoms with E-state index in [1.54, 1.807) is 22.7 Å². The van der Waals surface area contributed by atoms with Gasteiger partial charge in [0.15, 0.2) is 17.4 Å². The van der Waals surface area contributed by atoms with Crippen LogP contribution in [0.1, 0.15) is 36.6 Å². The molecule has 1 aliphatic rings. The highest BCUT2D eigenvalue weighted by atomic mass is 19.1. The summed E-state index contributed by atoms with van der Waals surface area (Å²) in [5, 5.41) is 4.33. The number of aromatic nitrogens is 4. The van der Waals surface area contributed by atoms with E-state index in [0.717, 1.165) is 30.7 Å². The molecule has 6 nitrogen and oxygen atoms in total. The third-order valence-electron chi connectivity index (χ3n) is 5.41. The van der Waals surface area contributed by atoms with Gasteiger partial charge < -0.3 is 10.5 Å². The molecule has 0 amide bonds. The van der Waals surface area contributed by atoms with Crippen molar-refractivity contribution in [2.24, 2.45) is 0 Å². The van der Waals surface area contributed by atoms with Crippen LogP contribution >= 0.6 is 0 Å². The molecule has 0 bridgehead atoms. The molecule has 0 unspecified atom stereocenters. The maximum Gasteiger partial charge on any atom is 0.174 e. The van der Waals surface area contributed by atoms with Crippen molar-refractivity contribution in [1.29, 1.82) is 0 Å². The molecule has 1 fully saturated rings. The number of nitrogens with zero attached hydrogens (tertiary/aromatic N) is 4. The van der Waals surface area contributed by atoms with Gasteiger partial charge in [-0.2, -0.15) is 5.10 Å². The number of hydrogen-bond donors (Lipinski definition) is 1. The predicted molar refractivity (Wildman–Crippen MR) is 108 cm³/mol. The predicted octanol–water partition coefficient (Wildman–Crippen LogP) is 4.36. The van der Waals surface area contributed by atoms with E-state index in [9.17, 15) is 0 Å². The summed E-state index contributed by atoms with van der Waals surface area (Å²) in [4.78, 5) is 8.84. The van der Waals surface area contributed by atoms with Crippen molar-refractivity contribution < 1.29 is 9.13 Å². The lowest BCUT2D eigenvalue weighted by molar-refractivity contribution is 0.291. The number of nitrogen functional groups attached to an aromatic ring is 1. The molecule has 146 valence electrons. The number of halogens is 1. The Morgan fingerprint density at radius 2 is 1.93 bits per heavy atom. The normalized spacial score (nSPS) is 14.1. The Hall–Kier alpha value is -3.48. The molecule has 4 aromatic rings. The summed E-state index contributed by atoms with van der Waals surface area (Å²) >= 11 is 0. The fourth-order valence-electron chi connectivity index (χ4n) is 3.64. The molecule has 1 saturated carbocycles. The fourth-order valence-corrected chi connectivity index (χ4v) is 3.64. The second kappa shape index (κ2) is 7.16. The number of ether oxygens (including phenoxy) is 1. The van der Waals surface area contributed by atoms with Crippen LogP contribution in [0.15, 0.2) is 54.9 Å². The first-order chi connectivity index (χ1) is 14.2. The third kappa shape index (κ3) is 3.08. The standard InChI is InChI=1S/C22H20FN5O/c23-18-16(10-5-11-17(18)29-12-14-6-2-1-3-7-14)19-20-21(24)25-13-26-28(20)22(27-19)15-8-4-9-15/h1-3,5-7,10-11,13,15H,4,8-9,12H2,(H2,24,25,26). The largest absolute Gasteiger partial charge is 0.486 e. The summed E-state index contributed by atoms with van der Waals surface area (Å²) in [6.07, 6.45) is 4.66. The Morgan fingerprint density at radius 1 is 1.10 bits per heavy atom. The number of imidazole rings is 1. The zero-order valence-corrected chi connectivity index (χ0v) is 15.8. The fraction of sp³-hybridized carbons (Fsp3) is 0.227. The molecular formula is C22H20FN5O. The van der Waals surface area contributed by atoms with Crippen LogP contribution in [-0.4, -0.2) is 19.6 Å². The first-order valence-corrected chi connectivity index (χ1v) is 9.67. The van der Waals surface area contributed by atoms with Gasteiger partial charge in [-0.05, 0) is 30.5 Å². The molecule has 7 heteroatoms. The maximum absolute atomic E-state index is 15.4. The smallest absolute Gasteiger partial charge is 0.174 e. The van der Waals surface area contributed by atoms with Crippen molar-refractivity contribution in [1.82, 2.24) is 19.6 Å². The van der Waals surface area contributed by atoms with Crippen LogP contribution in [-0.2, 0) is 6.61 Å². The second-order valence-electron chi connectivity index (χ2n) is 7.24. The van der Waals surface area contributed by atoms with Gasteiger partial charge in [-0.3, -0.25) is 0 Å². The van der Waals surface area contributed by atoms with Crippen LogP contribution < -0.4 is 10.5 Å². The molecule has 0 radical (unpaired) electrons. The Bertz CT molecular complexity index is 1170. The van der Waals surface area contributed by atoms with E-state index in [0.29, 0.717) is 22.7 Å². The second-order valence-corrected chi connectivity index (χ2v) is 7.24. The molecule has 2 N–H and O–H groups in total. The highest BCUT2D eigenvalue weighted by Crippen LogP contribution is 2.40. The minimum Gasteiger partial charge on any atom is -0.486 e. The van der Waals surface area contributed by atoms with Crippen molar-refractivity contribution in [2.45, 2.75) is 31.8 Å². The summed E-state index contributed by atoms with van der Waals surface area (Å²) in [7, 11) is 0. The van der Waals surface area contributed by atoms with Crippen molar-refractivity contribution in [3.05, 3.63) is 72.1 Å². The van der Waals surface area contributed by atoms with Gasteiger partial charge in [0, 0.05) is 11.5 Å². The van der Waals surface area contributed by atoms with E-state index < -0.39 is 5.82 Å². The van der Waals surface area contributed by atoms with Gasteiger partial charge in [0.1, 0.15) is 30.0 Å². The molecule has 2 aromatic heterocycles. The molecule has 2 aromatic carbocycles. The van der Waals surface area contributed by atoms with Gasteiger partial charge in [0.25, 0.3) is 0 Å². The van der Waals surface area contributed by atoms with Crippen LogP contribution in [0.2, 0.25) is 0 Å². The van der Waals surface area contributed by atoms with Gasteiger partial charge in [0.05, 0.1) is 0 Å². The van der Waals surface area contributed by atoms with E-state index in [1.807, 2.05) is 30.3 Å². The van der Waals surface area contributed by atoms with E-state index in [4.69, 9.17) is 15.5 Å². The highest BCUT2D eigenvalue weighted by molar-refractivity contribution is 5.85. The molecule has 5 rings (SSSR count). The zero-order chi connectivity index (χ0) is 19.8. The highest BCUT2D eigenvalue weighted by Gasteiger charge is 2.28. The van der Waals surface area contributed by atoms with Crippen molar-refractivity contribution in [3.8, 4) is 17.0 Å². The molecule has 29 heavy (non-hydrogen) atoms. The van der Waals surface area contributed by atoms with E-state index in [2.05, 4.69) is 10.1 Å². The Kier molecular flexibility index (Phi) is 4.35. The molecule has 0 aliphatic heterocycles.